The summed E-state index contributed by atoms with van der Waals surface area (Å²) in [6.07, 6.45) is -1.28. The van der Waals surface area contributed by atoms with E-state index in [-0.39, 0.29) is 32.1 Å². The molecule has 4 rings (SSSR count). The Kier molecular flexibility index (Phi) is 6.80. The van der Waals surface area contributed by atoms with Crippen LogP contribution in [-0.2, 0) is 11.3 Å². The molecule has 0 radical (unpaired) electrons. The highest BCUT2D eigenvalue weighted by atomic mass is 16.5. The standard InChI is InChI=1S/C25H26N2O5/c28-14-16-9-10-22(27-13-16)24(30)23(29)11-12-26-25(31)32-15-21-19-7-3-1-5-17(19)18-6-2-4-8-20(18)21/h1-10,13,21,23-24,28-30H,11-12,14-15H2,(H,26,31). The second kappa shape index (κ2) is 9.91. The van der Waals surface area contributed by atoms with E-state index in [0.717, 1.165) is 22.3 Å². The molecule has 4 N–H and O–H groups in total. The number of rotatable bonds is 8. The van der Waals surface area contributed by atoms with Gasteiger partial charge in [0.1, 0.15) is 12.7 Å². The maximum absolute atomic E-state index is 12.2. The fraction of sp³-hybridized carbons (Fsp3) is 0.280. The summed E-state index contributed by atoms with van der Waals surface area (Å²) in [5, 5.41) is 32.1. The molecule has 2 unspecified atom stereocenters. The van der Waals surface area contributed by atoms with Crippen molar-refractivity contribution in [2.45, 2.75) is 31.2 Å². The van der Waals surface area contributed by atoms with E-state index in [1.54, 1.807) is 12.1 Å². The maximum atomic E-state index is 12.2. The lowest BCUT2D eigenvalue weighted by atomic mass is 9.98. The summed E-state index contributed by atoms with van der Waals surface area (Å²) in [4.78, 5) is 16.2. The van der Waals surface area contributed by atoms with Gasteiger partial charge in [0.15, 0.2) is 0 Å². The van der Waals surface area contributed by atoms with Gasteiger partial charge in [-0.15, -0.1) is 0 Å². The van der Waals surface area contributed by atoms with Crippen molar-refractivity contribution in [1.82, 2.24) is 10.3 Å². The largest absolute Gasteiger partial charge is 0.449 e. The highest BCUT2D eigenvalue weighted by Crippen LogP contribution is 2.44. The molecule has 1 amide bonds. The molecule has 1 aliphatic rings. The molecular weight excluding hydrogens is 408 g/mol. The average molecular weight is 434 g/mol. The highest BCUT2D eigenvalue weighted by Gasteiger charge is 2.29. The monoisotopic (exact) mass is 434 g/mol. The first-order chi connectivity index (χ1) is 15.6. The number of aliphatic hydroxyl groups is 3. The van der Waals surface area contributed by atoms with Crippen molar-refractivity contribution < 1.29 is 24.9 Å². The fourth-order valence-corrected chi connectivity index (χ4v) is 4.03. The second-order valence-electron chi connectivity index (χ2n) is 7.80. The Hall–Kier alpha value is -3.26. The van der Waals surface area contributed by atoms with Gasteiger partial charge in [-0.05, 0) is 40.3 Å². The smallest absolute Gasteiger partial charge is 0.407 e. The second-order valence-corrected chi connectivity index (χ2v) is 7.80. The molecule has 1 aromatic heterocycles. The molecule has 0 bridgehead atoms. The van der Waals surface area contributed by atoms with Crippen molar-refractivity contribution in [3.8, 4) is 11.1 Å². The zero-order chi connectivity index (χ0) is 22.5. The lowest BCUT2D eigenvalue weighted by Crippen LogP contribution is -2.30. The molecule has 2 atom stereocenters. The summed E-state index contributed by atoms with van der Waals surface area (Å²) in [6, 6.07) is 19.4. The molecular formula is C25H26N2O5. The van der Waals surface area contributed by atoms with E-state index in [1.807, 2.05) is 24.3 Å². The summed E-state index contributed by atoms with van der Waals surface area (Å²) in [5.74, 6) is -0.0199. The molecule has 0 fully saturated rings. The van der Waals surface area contributed by atoms with Gasteiger partial charge >= 0.3 is 6.09 Å². The Balaban J connectivity index is 1.27. The topological polar surface area (TPSA) is 112 Å². The van der Waals surface area contributed by atoms with Gasteiger partial charge in [0.05, 0.1) is 18.4 Å². The van der Waals surface area contributed by atoms with Crippen molar-refractivity contribution in [3.05, 3.63) is 89.2 Å². The van der Waals surface area contributed by atoms with E-state index < -0.39 is 18.3 Å². The van der Waals surface area contributed by atoms with Crippen LogP contribution in [0.2, 0.25) is 0 Å². The minimum absolute atomic E-state index is 0.0199. The molecule has 0 aliphatic heterocycles. The van der Waals surface area contributed by atoms with E-state index >= 15 is 0 Å². The molecule has 0 saturated heterocycles. The van der Waals surface area contributed by atoms with E-state index in [1.165, 1.54) is 6.20 Å². The summed E-state index contributed by atoms with van der Waals surface area (Å²) >= 11 is 0. The first-order valence-corrected chi connectivity index (χ1v) is 10.6. The number of aromatic nitrogens is 1. The van der Waals surface area contributed by atoms with Crippen LogP contribution < -0.4 is 5.32 Å². The number of alkyl carbamates (subject to hydrolysis) is 1. The third kappa shape index (κ3) is 4.65. The van der Waals surface area contributed by atoms with Crippen LogP contribution in [0.5, 0.6) is 0 Å². The van der Waals surface area contributed by atoms with Crippen LogP contribution in [0.25, 0.3) is 11.1 Å². The van der Waals surface area contributed by atoms with Gasteiger partial charge in [-0.25, -0.2) is 4.79 Å². The van der Waals surface area contributed by atoms with E-state index in [0.29, 0.717) is 11.3 Å². The Morgan fingerprint density at radius 3 is 2.25 bits per heavy atom. The van der Waals surface area contributed by atoms with Gasteiger partial charge in [-0.3, -0.25) is 4.98 Å². The number of nitrogens with one attached hydrogen (secondary N) is 1. The molecule has 1 aliphatic carbocycles. The number of amides is 1. The van der Waals surface area contributed by atoms with E-state index in [9.17, 15) is 15.0 Å². The van der Waals surface area contributed by atoms with Gasteiger partial charge in [0, 0.05) is 18.7 Å². The Morgan fingerprint density at radius 1 is 1.00 bits per heavy atom. The number of hydrogen-bond acceptors (Lipinski definition) is 6. The fourth-order valence-electron chi connectivity index (χ4n) is 4.03. The van der Waals surface area contributed by atoms with E-state index in [2.05, 4.69) is 34.6 Å². The van der Waals surface area contributed by atoms with Crippen LogP contribution in [0.4, 0.5) is 4.79 Å². The first kappa shape index (κ1) is 22.0. The third-order valence-corrected chi connectivity index (χ3v) is 5.75. The predicted molar refractivity (Wildman–Crippen MR) is 119 cm³/mol. The summed E-state index contributed by atoms with van der Waals surface area (Å²) < 4.78 is 5.46. The van der Waals surface area contributed by atoms with Gasteiger partial charge in [0.25, 0.3) is 0 Å². The van der Waals surface area contributed by atoms with Gasteiger partial charge in [-0.2, -0.15) is 0 Å². The molecule has 166 valence electrons. The molecule has 0 spiro atoms. The number of ether oxygens (including phenoxy) is 1. The van der Waals surface area contributed by atoms with E-state index in [4.69, 9.17) is 9.84 Å². The lowest BCUT2D eigenvalue weighted by Gasteiger charge is -2.18. The number of benzene rings is 2. The zero-order valence-electron chi connectivity index (χ0n) is 17.5. The predicted octanol–water partition coefficient (Wildman–Crippen LogP) is 2.90. The number of carbonyl (C=O) groups is 1. The van der Waals surface area contributed by atoms with Crippen molar-refractivity contribution in [1.29, 1.82) is 0 Å². The molecule has 2 aromatic carbocycles. The molecule has 1 heterocycles. The van der Waals surface area contributed by atoms with Crippen LogP contribution in [0.15, 0.2) is 66.9 Å². The van der Waals surface area contributed by atoms with Crippen molar-refractivity contribution in [3.63, 3.8) is 0 Å². The summed E-state index contributed by atoms with van der Waals surface area (Å²) in [6.45, 7) is 0.214. The van der Waals surface area contributed by atoms with Crippen LogP contribution in [-0.4, -0.2) is 45.7 Å². The Morgan fingerprint density at radius 2 is 1.66 bits per heavy atom. The first-order valence-electron chi connectivity index (χ1n) is 10.6. The normalized spacial score (nSPS) is 14.3. The minimum Gasteiger partial charge on any atom is -0.449 e. The summed E-state index contributed by atoms with van der Waals surface area (Å²) in [7, 11) is 0. The van der Waals surface area contributed by atoms with Gasteiger partial charge in [-0.1, -0.05) is 54.6 Å². The molecule has 0 saturated carbocycles. The van der Waals surface area contributed by atoms with Crippen LogP contribution in [0.1, 0.15) is 40.8 Å². The number of nitrogens with zero attached hydrogens (tertiary/aromatic N) is 1. The number of aliphatic hydroxyl groups excluding tert-OH is 3. The van der Waals surface area contributed by atoms with Crippen molar-refractivity contribution in [2.75, 3.05) is 13.2 Å². The maximum Gasteiger partial charge on any atom is 0.407 e. The van der Waals surface area contributed by atoms with Crippen molar-refractivity contribution in [2.24, 2.45) is 0 Å². The zero-order valence-corrected chi connectivity index (χ0v) is 17.5. The average Bonchev–Trinajstić information content (AvgIpc) is 3.16. The quantitative estimate of drug-likeness (QED) is 0.434. The SMILES string of the molecule is O=C(NCCC(O)C(O)c1ccc(CO)cn1)OCC1c2ccccc2-c2ccccc21. The number of hydrogen-bond donors (Lipinski definition) is 4. The lowest BCUT2D eigenvalue weighted by molar-refractivity contribution is 0.0111. The van der Waals surface area contributed by atoms with Crippen LogP contribution in [0, 0.1) is 0 Å². The summed E-state index contributed by atoms with van der Waals surface area (Å²) in [5.41, 5.74) is 5.52. The number of pyridine rings is 1. The van der Waals surface area contributed by atoms with Crippen LogP contribution in [0.3, 0.4) is 0 Å². The minimum atomic E-state index is -1.19. The highest BCUT2D eigenvalue weighted by molar-refractivity contribution is 5.79. The third-order valence-electron chi connectivity index (χ3n) is 5.75. The van der Waals surface area contributed by atoms with Gasteiger partial charge in [0.2, 0.25) is 0 Å². The molecule has 7 nitrogen and oxygen atoms in total. The van der Waals surface area contributed by atoms with Crippen LogP contribution >= 0.6 is 0 Å². The van der Waals surface area contributed by atoms with Gasteiger partial charge < -0.3 is 25.4 Å². The Labute approximate surface area is 186 Å². The van der Waals surface area contributed by atoms with Crippen molar-refractivity contribution >= 4 is 6.09 Å². The number of fused-ring (bicyclic) bond motifs is 3. The molecule has 3 aromatic rings. The molecule has 32 heavy (non-hydrogen) atoms. The molecule has 7 heteroatoms. The Bertz CT molecular complexity index is 1020. The number of carbonyl (C=O) groups excluding carboxylic acids is 1.